The Kier molecular flexibility index (Phi) is 6.41. The van der Waals surface area contributed by atoms with Crippen LogP contribution < -0.4 is 5.73 Å². The van der Waals surface area contributed by atoms with Crippen LogP contribution in [0.2, 0.25) is 0 Å². The smallest absolute Gasteiger partial charge is 0.149 e. The van der Waals surface area contributed by atoms with Crippen molar-refractivity contribution in [2.24, 2.45) is 17.6 Å². The minimum absolute atomic E-state index is 0.0800. The van der Waals surface area contributed by atoms with E-state index >= 15 is 0 Å². The molecule has 0 aliphatic rings. The van der Waals surface area contributed by atoms with E-state index in [1.165, 1.54) is 0 Å². The highest BCUT2D eigenvalue weighted by Gasteiger charge is 2.20. The maximum absolute atomic E-state index is 11.3. The second-order valence-corrected chi connectivity index (χ2v) is 4.41. The van der Waals surface area contributed by atoms with Gasteiger partial charge in [-0.3, -0.25) is 9.59 Å². The van der Waals surface area contributed by atoms with Crippen LogP contribution in [0.3, 0.4) is 0 Å². The second kappa shape index (κ2) is 6.72. The monoisotopic (exact) mass is 213 g/mol. The quantitative estimate of drug-likeness (QED) is 0.703. The molecule has 88 valence electrons. The van der Waals surface area contributed by atoms with Gasteiger partial charge in [-0.05, 0) is 25.7 Å². The molecular weight excluding hydrogens is 190 g/mol. The minimum atomic E-state index is -0.367. The number of carbonyl (C=O) groups excluding carboxylic acids is 2. The van der Waals surface area contributed by atoms with Crippen LogP contribution in [-0.4, -0.2) is 17.6 Å². The van der Waals surface area contributed by atoms with Crippen molar-refractivity contribution in [3.63, 3.8) is 0 Å². The summed E-state index contributed by atoms with van der Waals surface area (Å²) in [6.07, 6.45) is 2.16. The molecule has 0 saturated heterocycles. The summed E-state index contributed by atoms with van der Waals surface area (Å²) in [5.74, 6) is 0.561. The second-order valence-electron chi connectivity index (χ2n) is 4.41. The van der Waals surface area contributed by atoms with E-state index in [1.807, 2.05) is 20.8 Å². The van der Waals surface area contributed by atoms with Gasteiger partial charge in [-0.15, -0.1) is 0 Å². The molecule has 2 N–H and O–H groups in total. The summed E-state index contributed by atoms with van der Waals surface area (Å²) in [5.41, 5.74) is 5.80. The first kappa shape index (κ1) is 14.3. The lowest BCUT2D eigenvalue weighted by Gasteiger charge is -2.19. The van der Waals surface area contributed by atoms with Crippen LogP contribution in [0.4, 0.5) is 0 Å². The van der Waals surface area contributed by atoms with E-state index in [9.17, 15) is 9.59 Å². The van der Waals surface area contributed by atoms with Crippen LogP contribution in [0.1, 0.15) is 47.0 Å². The number of ketones is 2. The average Bonchev–Trinajstić information content (AvgIpc) is 2.22. The Hall–Kier alpha value is -0.700. The van der Waals surface area contributed by atoms with Crippen molar-refractivity contribution < 1.29 is 9.59 Å². The normalized spacial score (nSPS) is 16.9. The lowest BCUT2D eigenvalue weighted by molar-refractivity contribution is -0.121. The molecule has 0 spiro atoms. The molecule has 3 atom stereocenters. The lowest BCUT2D eigenvalue weighted by atomic mass is 9.89. The standard InChI is InChI=1S/C12H23NO2/c1-5-11(15)12(13)9(3)7-6-8(2)10(4)14/h8-9,12H,5-7,13H2,1-4H3. The van der Waals surface area contributed by atoms with Crippen molar-refractivity contribution in [3.05, 3.63) is 0 Å². The van der Waals surface area contributed by atoms with Crippen molar-refractivity contribution in [1.29, 1.82) is 0 Å². The van der Waals surface area contributed by atoms with Gasteiger partial charge in [-0.25, -0.2) is 0 Å². The summed E-state index contributed by atoms with van der Waals surface area (Å²) in [7, 11) is 0. The zero-order chi connectivity index (χ0) is 12.0. The molecule has 0 fully saturated rings. The highest BCUT2D eigenvalue weighted by atomic mass is 16.1. The maximum atomic E-state index is 11.3. The van der Waals surface area contributed by atoms with Crippen LogP contribution in [0.15, 0.2) is 0 Å². The molecule has 15 heavy (non-hydrogen) atoms. The third-order valence-corrected chi connectivity index (χ3v) is 3.08. The molecule has 0 saturated carbocycles. The fraction of sp³-hybridized carbons (Fsp3) is 0.833. The predicted octanol–water partition coefficient (Wildman–Crippen LogP) is 1.93. The summed E-state index contributed by atoms with van der Waals surface area (Å²) < 4.78 is 0. The molecule has 3 nitrogen and oxygen atoms in total. The van der Waals surface area contributed by atoms with Crippen LogP contribution >= 0.6 is 0 Å². The van der Waals surface area contributed by atoms with E-state index in [2.05, 4.69) is 0 Å². The fourth-order valence-corrected chi connectivity index (χ4v) is 1.45. The summed E-state index contributed by atoms with van der Waals surface area (Å²) in [4.78, 5) is 22.4. The molecule has 0 heterocycles. The largest absolute Gasteiger partial charge is 0.321 e. The summed E-state index contributed by atoms with van der Waals surface area (Å²) in [6, 6.07) is -0.367. The SMILES string of the molecule is CCC(=O)C(N)C(C)CCC(C)C(C)=O. The van der Waals surface area contributed by atoms with Gasteiger partial charge in [-0.1, -0.05) is 20.8 Å². The van der Waals surface area contributed by atoms with Gasteiger partial charge >= 0.3 is 0 Å². The maximum Gasteiger partial charge on any atom is 0.149 e. The zero-order valence-corrected chi connectivity index (χ0v) is 10.2. The van der Waals surface area contributed by atoms with Crippen LogP contribution in [0.25, 0.3) is 0 Å². The fourth-order valence-electron chi connectivity index (χ4n) is 1.45. The molecule has 0 aliphatic heterocycles. The Morgan fingerprint density at radius 2 is 1.73 bits per heavy atom. The Morgan fingerprint density at radius 3 is 2.13 bits per heavy atom. The Bertz CT molecular complexity index is 226. The zero-order valence-electron chi connectivity index (χ0n) is 10.2. The molecule has 0 radical (unpaired) electrons. The number of Topliss-reactive ketones (excluding diaryl/α,β-unsaturated/α-hetero) is 2. The molecule has 0 aliphatic carbocycles. The summed E-state index contributed by atoms with van der Waals surface area (Å²) in [6.45, 7) is 7.33. The summed E-state index contributed by atoms with van der Waals surface area (Å²) in [5, 5.41) is 0. The number of hydrogen-bond donors (Lipinski definition) is 1. The number of hydrogen-bond acceptors (Lipinski definition) is 3. The molecule has 0 aromatic heterocycles. The van der Waals surface area contributed by atoms with E-state index < -0.39 is 0 Å². The molecule has 0 bridgehead atoms. The molecule has 3 unspecified atom stereocenters. The number of nitrogens with two attached hydrogens (primary N) is 1. The van der Waals surface area contributed by atoms with Crippen molar-refractivity contribution >= 4 is 11.6 Å². The van der Waals surface area contributed by atoms with Crippen molar-refractivity contribution in [3.8, 4) is 0 Å². The van der Waals surface area contributed by atoms with Gasteiger partial charge in [0.1, 0.15) is 11.6 Å². The van der Waals surface area contributed by atoms with Crippen molar-refractivity contribution in [2.45, 2.75) is 53.0 Å². The predicted molar refractivity (Wildman–Crippen MR) is 61.5 cm³/mol. The molecule has 0 aromatic rings. The highest BCUT2D eigenvalue weighted by Crippen LogP contribution is 2.16. The average molecular weight is 213 g/mol. The molecule has 0 rings (SSSR count). The highest BCUT2D eigenvalue weighted by molar-refractivity contribution is 5.83. The van der Waals surface area contributed by atoms with E-state index in [1.54, 1.807) is 6.92 Å². The van der Waals surface area contributed by atoms with Crippen molar-refractivity contribution in [1.82, 2.24) is 0 Å². The first-order valence-electron chi connectivity index (χ1n) is 5.68. The van der Waals surface area contributed by atoms with Gasteiger partial charge in [0.2, 0.25) is 0 Å². The van der Waals surface area contributed by atoms with Gasteiger partial charge in [0, 0.05) is 12.3 Å². The Balaban J connectivity index is 3.98. The van der Waals surface area contributed by atoms with Crippen LogP contribution in [-0.2, 0) is 9.59 Å². The van der Waals surface area contributed by atoms with Gasteiger partial charge in [0.25, 0.3) is 0 Å². The molecular formula is C12H23NO2. The Labute approximate surface area is 92.4 Å². The van der Waals surface area contributed by atoms with Gasteiger partial charge in [0.05, 0.1) is 6.04 Å². The van der Waals surface area contributed by atoms with Crippen LogP contribution in [0, 0.1) is 11.8 Å². The van der Waals surface area contributed by atoms with Gasteiger partial charge < -0.3 is 5.73 Å². The number of carbonyl (C=O) groups is 2. The van der Waals surface area contributed by atoms with E-state index in [0.29, 0.717) is 6.42 Å². The third-order valence-electron chi connectivity index (χ3n) is 3.08. The number of rotatable bonds is 7. The van der Waals surface area contributed by atoms with Gasteiger partial charge in [0.15, 0.2) is 0 Å². The first-order chi connectivity index (χ1) is 6.90. The third kappa shape index (κ3) is 5.07. The Morgan fingerprint density at radius 1 is 1.20 bits per heavy atom. The molecule has 0 aromatic carbocycles. The minimum Gasteiger partial charge on any atom is -0.321 e. The van der Waals surface area contributed by atoms with Crippen LogP contribution in [0.5, 0.6) is 0 Å². The summed E-state index contributed by atoms with van der Waals surface area (Å²) >= 11 is 0. The molecule has 0 amide bonds. The first-order valence-corrected chi connectivity index (χ1v) is 5.68. The van der Waals surface area contributed by atoms with Crippen molar-refractivity contribution in [2.75, 3.05) is 0 Å². The van der Waals surface area contributed by atoms with E-state index in [-0.39, 0.29) is 29.4 Å². The lowest BCUT2D eigenvalue weighted by Crippen LogP contribution is -2.36. The van der Waals surface area contributed by atoms with Gasteiger partial charge in [-0.2, -0.15) is 0 Å². The molecule has 3 heteroatoms. The topological polar surface area (TPSA) is 60.2 Å². The van der Waals surface area contributed by atoms with E-state index in [0.717, 1.165) is 12.8 Å². The van der Waals surface area contributed by atoms with E-state index in [4.69, 9.17) is 5.73 Å².